The molecule has 3 aromatic rings. The number of benzene rings is 3. The van der Waals surface area contributed by atoms with Crippen molar-refractivity contribution in [2.45, 2.75) is 29.8 Å². The number of primary sulfonamides is 1. The number of hydrogen-bond donors (Lipinski definition) is 2. The second-order valence-electron chi connectivity index (χ2n) is 9.11. The molecule has 0 saturated carbocycles. The molecule has 0 unspecified atom stereocenters. The van der Waals surface area contributed by atoms with Gasteiger partial charge in [-0.25, -0.2) is 22.3 Å². The smallest absolute Gasteiger partial charge is 0.238 e. The first-order valence-corrected chi connectivity index (χ1v) is 13.4. The number of ether oxygens (including phenoxy) is 1. The Morgan fingerprint density at radius 1 is 0.889 bits per heavy atom. The predicted octanol–water partition coefficient (Wildman–Crippen LogP) is 4.03. The molecular weight excluding hydrogens is 486 g/mol. The van der Waals surface area contributed by atoms with Crippen LogP contribution < -0.4 is 9.88 Å². The molecule has 1 aliphatic rings. The molecule has 0 amide bonds. The first kappa shape index (κ1) is 26.2. The van der Waals surface area contributed by atoms with Gasteiger partial charge in [-0.05, 0) is 97.9 Å². The summed E-state index contributed by atoms with van der Waals surface area (Å²) in [4.78, 5) is 2.35. The Bertz CT molecular complexity index is 1200. The van der Waals surface area contributed by atoms with Crippen LogP contribution in [0.1, 0.15) is 30.4 Å². The van der Waals surface area contributed by atoms with Crippen LogP contribution in [0.4, 0.5) is 8.78 Å². The highest BCUT2D eigenvalue weighted by Gasteiger charge is 2.41. The van der Waals surface area contributed by atoms with Crippen LogP contribution in [0, 0.1) is 17.6 Å². The standard InChI is InChI=1S/C27H30F2N2O4S/c28-23-6-2-20(3-7-23)27(32,21-4-8-24(29)9-5-21)22-14-17-31(18-15-22)16-1-19-35-25-10-12-26(13-11-25)36(30,33)34/h2-13,22,32H,1,14-19H2,(H2,30,33,34). The summed E-state index contributed by atoms with van der Waals surface area (Å²) >= 11 is 0. The SMILES string of the molecule is NS(=O)(=O)c1ccc(OCCCN2CCC(C(O)(c3ccc(F)cc3)c3ccc(F)cc3)CC2)cc1. The lowest BCUT2D eigenvalue weighted by Gasteiger charge is -2.42. The van der Waals surface area contributed by atoms with E-state index in [9.17, 15) is 22.3 Å². The zero-order valence-electron chi connectivity index (χ0n) is 19.8. The van der Waals surface area contributed by atoms with Crippen molar-refractivity contribution in [2.24, 2.45) is 11.1 Å². The van der Waals surface area contributed by atoms with Gasteiger partial charge in [-0.3, -0.25) is 0 Å². The monoisotopic (exact) mass is 516 g/mol. The number of nitrogens with two attached hydrogens (primary N) is 1. The first-order valence-electron chi connectivity index (χ1n) is 11.9. The Morgan fingerprint density at radius 2 is 1.39 bits per heavy atom. The molecule has 1 saturated heterocycles. The fraction of sp³-hybridized carbons (Fsp3) is 0.333. The summed E-state index contributed by atoms with van der Waals surface area (Å²) in [6, 6.07) is 17.7. The fourth-order valence-corrected chi connectivity index (χ4v) is 5.34. The van der Waals surface area contributed by atoms with Crippen molar-refractivity contribution in [3.63, 3.8) is 0 Å². The van der Waals surface area contributed by atoms with Gasteiger partial charge in [-0.15, -0.1) is 0 Å². The van der Waals surface area contributed by atoms with Gasteiger partial charge >= 0.3 is 0 Å². The van der Waals surface area contributed by atoms with Crippen molar-refractivity contribution in [3.8, 4) is 5.75 Å². The number of sulfonamides is 1. The van der Waals surface area contributed by atoms with Crippen LogP contribution >= 0.6 is 0 Å². The van der Waals surface area contributed by atoms with Gasteiger partial charge < -0.3 is 14.7 Å². The Hall–Kier alpha value is -2.85. The van der Waals surface area contributed by atoms with E-state index < -0.39 is 15.6 Å². The first-order chi connectivity index (χ1) is 17.2. The number of rotatable bonds is 9. The fourth-order valence-electron chi connectivity index (χ4n) is 4.82. The summed E-state index contributed by atoms with van der Waals surface area (Å²) in [5.41, 5.74) is -0.161. The molecule has 9 heteroatoms. The predicted molar refractivity (Wildman–Crippen MR) is 133 cm³/mol. The second-order valence-corrected chi connectivity index (χ2v) is 10.7. The van der Waals surface area contributed by atoms with Crippen molar-refractivity contribution in [1.29, 1.82) is 0 Å². The summed E-state index contributed by atoms with van der Waals surface area (Å²) in [6.07, 6.45) is 2.23. The average Bonchev–Trinajstić information content (AvgIpc) is 2.87. The van der Waals surface area contributed by atoms with Gasteiger partial charge in [0, 0.05) is 6.54 Å². The molecule has 0 radical (unpaired) electrons. The Morgan fingerprint density at radius 3 is 1.86 bits per heavy atom. The van der Waals surface area contributed by atoms with Crippen LogP contribution in [0.15, 0.2) is 77.7 Å². The van der Waals surface area contributed by atoms with Gasteiger partial charge in [-0.1, -0.05) is 24.3 Å². The molecule has 1 fully saturated rings. The summed E-state index contributed by atoms with van der Waals surface area (Å²) in [5, 5.41) is 17.0. The lowest BCUT2D eigenvalue weighted by atomic mass is 9.72. The molecule has 36 heavy (non-hydrogen) atoms. The molecular formula is C27H30F2N2O4S. The molecule has 3 aromatic carbocycles. The van der Waals surface area contributed by atoms with Crippen molar-refractivity contribution < 1.29 is 27.0 Å². The van der Waals surface area contributed by atoms with E-state index >= 15 is 0 Å². The van der Waals surface area contributed by atoms with Gasteiger partial charge in [0.1, 0.15) is 23.0 Å². The number of hydrogen-bond acceptors (Lipinski definition) is 5. The van der Waals surface area contributed by atoms with Gasteiger partial charge in [-0.2, -0.15) is 0 Å². The molecule has 0 atom stereocenters. The maximum atomic E-state index is 13.6. The lowest BCUT2D eigenvalue weighted by molar-refractivity contribution is -0.0147. The molecule has 0 bridgehead atoms. The molecule has 6 nitrogen and oxygen atoms in total. The third kappa shape index (κ3) is 6.10. The largest absolute Gasteiger partial charge is 0.494 e. The Labute approximate surface area is 210 Å². The van der Waals surface area contributed by atoms with E-state index in [4.69, 9.17) is 9.88 Å². The highest BCUT2D eigenvalue weighted by Crippen LogP contribution is 2.42. The molecule has 192 valence electrons. The third-order valence-electron chi connectivity index (χ3n) is 6.79. The zero-order valence-corrected chi connectivity index (χ0v) is 20.6. The van der Waals surface area contributed by atoms with E-state index in [0.29, 0.717) is 23.5 Å². The second kappa shape index (κ2) is 11.0. The number of aliphatic hydroxyl groups is 1. The summed E-state index contributed by atoms with van der Waals surface area (Å²) < 4.78 is 55.5. The van der Waals surface area contributed by atoms with Gasteiger partial charge in [0.05, 0.1) is 11.5 Å². The van der Waals surface area contributed by atoms with Crippen molar-refractivity contribution in [2.75, 3.05) is 26.2 Å². The van der Waals surface area contributed by atoms with Gasteiger partial charge in [0.25, 0.3) is 0 Å². The topological polar surface area (TPSA) is 92.9 Å². The van der Waals surface area contributed by atoms with Gasteiger partial charge in [0.2, 0.25) is 10.0 Å². The van der Waals surface area contributed by atoms with Gasteiger partial charge in [0.15, 0.2) is 0 Å². The number of halogens is 2. The van der Waals surface area contributed by atoms with Crippen LogP contribution in [-0.2, 0) is 15.6 Å². The van der Waals surface area contributed by atoms with Crippen LogP contribution in [0.2, 0.25) is 0 Å². The maximum Gasteiger partial charge on any atom is 0.238 e. The van der Waals surface area contributed by atoms with Crippen LogP contribution in [0.5, 0.6) is 5.75 Å². The van der Waals surface area contributed by atoms with E-state index in [0.717, 1.165) is 38.9 Å². The molecule has 1 aliphatic heterocycles. The molecule has 0 aliphatic carbocycles. The lowest BCUT2D eigenvalue weighted by Crippen LogP contribution is -2.44. The molecule has 0 spiro atoms. The molecule has 3 N–H and O–H groups in total. The molecule has 1 heterocycles. The number of nitrogens with zero attached hydrogens (tertiary/aromatic N) is 1. The average molecular weight is 517 g/mol. The van der Waals surface area contributed by atoms with E-state index in [-0.39, 0.29) is 22.4 Å². The molecule has 4 rings (SSSR count). The van der Waals surface area contributed by atoms with Crippen LogP contribution in [0.25, 0.3) is 0 Å². The normalized spacial score (nSPS) is 15.7. The summed E-state index contributed by atoms with van der Waals surface area (Å²) in [5.74, 6) is -0.293. The number of likely N-dealkylation sites (tertiary alicyclic amines) is 1. The third-order valence-corrected chi connectivity index (χ3v) is 7.72. The molecule has 0 aromatic heterocycles. The highest BCUT2D eigenvalue weighted by molar-refractivity contribution is 7.89. The van der Waals surface area contributed by atoms with E-state index in [1.54, 1.807) is 36.4 Å². The summed E-state index contributed by atoms with van der Waals surface area (Å²) in [7, 11) is -3.73. The van der Waals surface area contributed by atoms with Crippen molar-refractivity contribution in [3.05, 3.63) is 95.6 Å². The van der Waals surface area contributed by atoms with Crippen molar-refractivity contribution in [1.82, 2.24) is 4.90 Å². The number of piperidine rings is 1. The maximum absolute atomic E-state index is 13.6. The minimum atomic E-state index is -3.73. The van der Waals surface area contributed by atoms with Crippen LogP contribution in [-0.4, -0.2) is 44.7 Å². The quantitative estimate of drug-likeness (QED) is 0.419. The van der Waals surface area contributed by atoms with Crippen molar-refractivity contribution >= 4 is 10.0 Å². The summed E-state index contributed by atoms with van der Waals surface area (Å²) in [6.45, 7) is 2.84. The van der Waals surface area contributed by atoms with Crippen LogP contribution in [0.3, 0.4) is 0 Å². The van der Waals surface area contributed by atoms with E-state index in [2.05, 4.69) is 4.90 Å². The zero-order chi connectivity index (χ0) is 25.8. The van der Waals surface area contributed by atoms with E-state index in [1.165, 1.54) is 36.4 Å². The minimum Gasteiger partial charge on any atom is -0.494 e. The minimum absolute atomic E-state index is 0.0407. The van der Waals surface area contributed by atoms with E-state index in [1.807, 2.05) is 0 Å². The highest BCUT2D eigenvalue weighted by atomic mass is 32.2. The Kier molecular flexibility index (Phi) is 8.04. The Balaban J connectivity index is 1.33.